The van der Waals surface area contributed by atoms with Gasteiger partial charge in [0.1, 0.15) is 17.3 Å². The van der Waals surface area contributed by atoms with Gasteiger partial charge in [0.2, 0.25) is 0 Å². The minimum Gasteiger partial charge on any atom is -0.507 e. The summed E-state index contributed by atoms with van der Waals surface area (Å²) < 4.78 is 0. The Morgan fingerprint density at radius 3 is 2.89 bits per heavy atom. The molecule has 2 aliphatic heterocycles. The van der Waals surface area contributed by atoms with Crippen LogP contribution in [0.2, 0.25) is 0 Å². The van der Waals surface area contributed by atoms with Gasteiger partial charge in [-0.05, 0) is 25.0 Å². The number of carbonyl (C=O) groups is 1. The smallest absolute Gasteiger partial charge is 0.277 e. The zero-order valence-corrected chi connectivity index (χ0v) is 10.7. The molecule has 0 spiro atoms. The summed E-state index contributed by atoms with van der Waals surface area (Å²) in [7, 11) is 0. The molecular formula is C15H16N2O2. The fourth-order valence-corrected chi connectivity index (χ4v) is 2.50. The molecule has 0 bridgehead atoms. The van der Waals surface area contributed by atoms with Crippen molar-refractivity contribution >= 4 is 17.8 Å². The maximum Gasteiger partial charge on any atom is 0.277 e. The van der Waals surface area contributed by atoms with Gasteiger partial charge >= 0.3 is 0 Å². The first-order chi connectivity index (χ1) is 9.25. The average Bonchev–Trinajstić information content (AvgIpc) is 2.60. The number of phenolic OH excluding ortho intramolecular Hbond substituents is 1. The Morgan fingerprint density at radius 2 is 2.05 bits per heavy atom. The van der Waals surface area contributed by atoms with Crippen molar-refractivity contribution in [2.24, 2.45) is 4.99 Å². The van der Waals surface area contributed by atoms with E-state index < -0.39 is 0 Å². The zero-order chi connectivity index (χ0) is 13.2. The molecule has 2 aliphatic rings. The average molecular weight is 256 g/mol. The van der Waals surface area contributed by atoms with Crippen LogP contribution in [0.4, 0.5) is 0 Å². The molecule has 1 aromatic carbocycles. The maximum atomic E-state index is 12.3. The van der Waals surface area contributed by atoms with Crippen molar-refractivity contribution in [3.63, 3.8) is 0 Å². The van der Waals surface area contributed by atoms with Crippen LogP contribution < -0.4 is 0 Å². The minimum absolute atomic E-state index is 0.0415. The minimum atomic E-state index is -0.0415. The lowest BCUT2D eigenvalue weighted by atomic mass is 10.1. The van der Waals surface area contributed by atoms with Crippen molar-refractivity contribution in [1.29, 1.82) is 0 Å². The van der Waals surface area contributed by atoms with Crippen molar-refractivity contribution < 1.29 is 9.90 Å². The number of hydrogen-bond donors (Lipinski definition) is 1. The van der Waals surface area contributed by atoms with Crippen LogP contribution >= 0.6 is 0 Å². The van der Waals surface area contributed by atoms with Crippen molar-refractivity contribution in [3.05, 3.63) is 35.5 Å². The second-order valence-corrected chi connectivity index (χ2v) is 4.88. The summed E-state index contributed by atoms with van der Waals surface area (Å²) in [5.74, 6) is 1.01. The van der Waals surface area contributed by atoms with Crippen molar-refractivity contribution in [1.82, 2.24) is 4.90 Å². The number of amidine groups is 1. The molecule has 2 heterocycles. The summed E-state index contributed by atoms with van der Waals surface area (Å²) in [5.41, 5.74) is 1.06. The number of para-hydroxylation sites is 1. The van der Waals surface area contributed by atoms with E-state index >= 15 is 0 Å². The molecule has 4 heteroatoms. The number of fused-ring (bicyclic) bond motifs is 1. The molecule has 0 radical (unpaired) electrons. The predicted octanol–water partition coefficient (Wildman–Crippen LogP) is 2.55. The SMILES string of the molecule is O=C1C(=Cc2ccccc2O)N=C2CCCCCN12. The van der Waals surface area contributed by atoms with E-state index in [2.05, 4.69) is 4.99 Å². The van der Waals surface area contributed by atoms with E-state index in [4.69, 9.17) is 0 Å². The fourth-order valence-electron chi connectivity index (χ4n) is 2.50. The molecule has 0 atom stereocenters. The molecule has 1 saturated heterocycles. The van der Waals surface area contributed by atoms with E-state index in [-0.39, 0.29) is 11.7 Å². The highest BCUT2D eigenvalue weighted by Crippen LogP contribution is 2.26. The third-order valence-electron chi connectivity index (χ3n) is 3.54. The first-order valence-electron chi connectivity index (χ1n) is 6.65. The Hall–Kier alpha value is -2.10. The largest absolute Gasteiger partial charge is 0.507 e. The lowest BCUT2D eigenvalue weighted by molar-refractivity contribution is -0.122. The van der Waals surface area contributed by atoms with Crippen LogP contribution in [0.5, 0.6) is 5.75 Å². The van der Waals surface area contributed by atoms with Crippen molar-refractivity contribution in [2.45, 2.75) is 25.7 Å². The number of benzene rings is 1. The monoisotopic (exact) mass is 256 g/mol. The van der Waals surface area contributed by atoms with Gasteiger partial charge in [-0.2, -0.15) is 0 Å². The van der Waals surface area contributed by atoms with Gasteiger partial charge < -0.3 is 5.11 Å². The highest BCUT2D eigenvalue weighted by molar-refractivity contribution is 6.14. The fraction of sp³-hybridized carbons (Fsp3) is 0.333. The molecule has 1 aromatic rings. The topological polar surface area (TPSA) is 52.9 Å². The number of carbonyl (C=O) groups excluding carboxylic acids is 1. The summed E-state index contributed by atoms with van der Waals surface area (Å²) in [6.07, 6.45) is 5.81. The molecule has 0 saturated carbocycles. The standard InChI is InChI=1S/C15H16N2O2/c18-13-7-4-3-6-11(13)10-12-15(19)17-9-5-1-2-8-14(17)16-12/h3-4,6-7,10,18H,1-2,5,8-9H2. The second-order valence-electron chi connectivity index (χ2n) is 4.88. The van der Waals surface area contributed by atoms with Gasteiger partial charge in [-0.15, -0.1) is 0 Å². The molecule has 0 aromatic heterocycles. The lowest BCUT2D eigenvalue weighted by Gasteiger charge is -2.14. The van der Waals surface area contributed by atoms with Crippen LogP contribution in [-0.4, -0.2) is 28.3 Å². The molecule has 0 unspecified atom stereocenters. The van der Waals surface area contributed by atoms with Crippen LogP contribution in [0.25, 0.3) is 6.08 Å². The van der Waals surface area contributed by atoms with E-state index in [9.17, 15) is 9.90 Å². The number of aliphatic imine (C=N–C) groups is 1. The number of aromatic hydroxyl groups is 1. The number of hydrogen-bond acceptors (Lipinski definition) is 3. The first-order valence-corrected chi connectivity index (χ1v) is 6.65. The third-order valence-corrected chi connectivity index (χ3v) is 3.54. The van der Waals surface area contributed by atoms with Gasteiger partial charge in [-0.3, -0.25) is 9.69 Å². The molecule has 0 aliphatic carbocycles. The summed E-state index contributed by atoms with van der Waals surface area (Å²) in [6.45, 7) is 0.760. The van der Waals surface area contributed by atoms with Gasteiger partial charge in [0.25, 0.3) is 5.91 Å². The van der Waals surface area contributed by atoms with Gasteiger partial charge in [0.05, 0.1) is 0 Å². The molecule has 98 valence electrons. The highest BCUT2D eigenvalue weighted by atomic mass is 16.3. The normalized spacial score (nSPS) is 21.3. The molecule has 3 rings (SSSR count). The van der Waals surface area contributed by atoms with Crippen LogP contribution in [-0.2, 0) is 4.79 Å². The Morgan fingerprint density at radius 1 is 1.21 bits per heavy atom. The predicted molar refractivity (Wildman–Crippen MR) is 73.7 cm³/mol. The molecular weight excluding hydrogens is 240 g/mol. The Labute approximate surface area is 112 Å². The molecule has 1 amide bonds. The summed E-state index contributed by atoms with van der Waals surface area (Å²) >= 11 is 0. The highest BCUT2D eigenvalue weighted by Gasteiger charge is 2.30. The van der Waals surface area contributed by atoms with Crippen LogP contribution in [0.15, 0.2) is 35.0 Å². The van der Waals surface area contributed by atoms with Crippen molar-refractivity contribution in [3.8, 4) is 5.75 Å². The van der Waals surface area contributed by atoms with Crippen molar-refractivity contribution in [2.75, 3.05) is 6.54 Å². The number of nitrogens with zero attached hydrogens (tertiary/aromatic N) is 2. The van der Waals surface area contributed by atoms with E-state index in [0.717, 1.165) is 38.1 Å². The van der Waals surface area contributed by atoms with Crippen LogP contribution in [0.3, 0.4) is 0 Å². The lowest BCUT2D eigenvalue weighted by Crippen LogP contribution is -2.31. The van der Waals surface area contributed by atoms with Gasteiger partial charge in [-0.1, -0.05) is 24.6 Å². The van der Waals surface area contributed by atoms with Crippen LogP contribution in [0.1, 0.15) is 31.2 Å². The Kier molecular flexibility index (Phi) is 3.07. The first kappa shape index (κ1) is 12.0. The van der Waals surface area contributed by atoms with Gasteiger partial charge in [0.15, 0.2) is 0 Å². The Balaban J connectivity index is 1.94. The second kappa shape index (κ2) is 4.88. The molecule has 4 nitrogen and oxygen atoms in total. The zero-order valence-electron chi connectivity index (χ0n) is 10.7. The maximum absolute atomic E-state index is 12.3. The summed E-state index contributed by atoms with van der Waals surface area (Å²) in [4.78, 5) is 18.5. The third kappa shape index (κ3) is 2.26. The number of amides is 1. The molecule has 1 fully saturated rings. The van der Waals surface area contributed by atoms with E-state index in [1.807, 2.05) is 6.07 Å². The van der Waals surface area contributed by atoms with E-state index in [1.165, 1.54) is 0 Å². The summed E-state index contributed by atoms with van der Waals surface area (Å²) in [5, 5.41) is 9.74. The Bertz CT molecular complexity index is 575. The number of rotatable bonds is 1. The van der Waals surface area contributed by atoms with Gasteiger partial charge in [0, 0.05) is 18.5 Å². The van der Waals surface area contributed by atoms with Gasteiger partial charge in [-0.25, -0.2) is 4.99 Å². The molecule has 19 heavy (non-hydrogen) atoms. The molecule has 1 N–H and O–H groups in total. The number of phenols is 1. The van der Waals surface area contributed by atoms with E-state index in [1.54, 1.807) is 29.2 Å². The summed E-state index contributed by atoms with van der Waals surface area (Å²) in [6, 6.07) is 6.97. The quantitative estimate of drug-likeness (QED) is 0.785. The van der Waals surface area contributed by atoms with Crippen LogP contribution in [0, 0.1) is 0 Å². The van der Waals surface area contributed by atoms with E-state index in [0.29, 0.717) is 11.3 Å².